The van der Waals surface area contributed by atoms with E-state index in [-0.39, 0.29) is 6.04 Å². The van der Waals surface area contributed by atoms with Gasteiger partial charge in [-0.15, -0.1) is 5.10 Å². The first kappa shape index (κ1) is 9.66. The van der Waals surface area contributed by atoms with Crippen LogP contribution in [0.1, 0.15) is 31.6 Å². The van der Waals surface area contributed by atoms with Crippen molar-refractivity contribution >= 4 is 5.91 Å². The van der Waals surface area contributed by atoms with E-state index in [1.165, 1.54) is 10.9 Å². The van der Waals surface area contributed by atoms with Gasteiger partial charge in [0.15, 0.2) is 0 Å². The number of hydrogen-bond donors (Lipinski definition) is 2. The van der Waals surface area contributed by atoms with Crippen molar-refractivity contribution in [1.29, 1.82) is 0 Å². The van der Waals surface area contributed by atoms with Crippen LogP contribution in [-0.4, -0.2) is 20.9 Å². The lowest BCUT2D eigenvalue weighted by Gasteiger charge is -2.12. The lowest BCUT2D eigenvalue weighted by atomic mass is 10.2. The van der Waals surface area contributed by atoms with Crippen molar-refractivity contribution in [3.8, 4) is 0 Å². The third kappa shape index (κ3) is 1.83. The maximum absolute atomic E-state index is 10.9. The summed E-state index contributed by atoms with van der Waals surface area (Å²) >= 11 is 0. The van der Waals surface area contributed by atoms with Crippen molar-refractivity contribution < 1.29 is 4.79 Å². The third-order valence-electron chi connectivity index (χ3n) is 1.85. The SMILES string of the molecule is CC(C(N)=O)n1nncc1[C@@H](C)N. The molecule has 1 heterocycles. The fourth-order valence-corrected chi connectivity index (χ4v) is 0.999. The van der Waals surface area contributed by atoms with Gasteiger partial charge in [-0.3, -0.25) is 4.79 Å². The van der Waals surface area contributed by atoms with Crippen molar-refractivity contribution in [2.45, 2.75) is 25.9 Å². The van der Waals surface area contributed by atoms with Gasteiger partial charge in [0.2, 0.25) is 5.91 Å². The Balaban J connectivity index is 3.00. The number of carbonyl (C=O) groups excluding carboxylic acids is 1. The Hall–Kier alpha value is -1.43. The number of aromatic nitrogens is 3. The Kier molecular flexibility index (Phi) is 2.62. The van der Waals surface area contributed by atoms with Crippen molar-refractivity contribution in [2.24, 2.45) is 11.5 Å². The predicted molar refractivity (Wildman–Crippen MR) is 46.5 cm³/mol. The predicted octanol–water partition coefficient (Wildman–Crippen LogP) is -0.656. The lowest BCUT2D eigenvalue weighted by Crippen LogP contribution is -2.27. The molecule has 1 rings (SSSR count). The van der Waals surface area contributed by atoms with Crippen LogP contribution in [0.5, 0.6) is 0 Å². The van der Waals surface area contributed by atoms with Gasteiger partial charge in [-0.25, -0.2) is 4.68 Å². The van der Waals surface area contributed by atoms with E-state index in [1.54, 1.807) is 13.8 Å². The highest BCUT2D eigenvalue weighted by Gasteiger charge is 2.17. The second kappa shape index (κ2) is 3.53. The molecule has 1 aromatic heterocycles. The molecule has 1 amide bonds. The van der Waals surface area contributed by atoms with E-state index in [1.807, 2.05) is 0 Å². The highest BCUT2D eigenvalue weighted by Crippen LogP contribution is 2.12. The van der Waals surface area contributed by atoms with E-state index in [2.05, 4.69) is 10.3 Å². The second-order valence-corrected chi connectivity index (χ2v) is 2.97. The maximum atomic E-state index is 10.9. The largest absolute Gasteiger partial charge is 0.368 e. The summed E-state index contributed by atoms with van der Waals surface area (Å²) in [4.78, 5) is 10.9. The van der Waals surface area contributed by atoms with E-state index in [0.29, 0.717) is 5.69 Å². The van der Waals surface area contributed by atoms with Gasteiger partial charge < -0.3 is 11.5 Å². The molecule has 4 N–H and O–H groups in total. The lowest BCUT2D eigenvalue weighted by molar-refractivity contribution is -0.121. The molecule has 0 aromatic carbocycles. The first-order valence-electron chi connectivity index (χ1n) is 3.99. The van der Waals surface area contributed by atoms with E-state index in [9.17, 15) is 4.79 Å². The van der Waals surface area contributed by atoms with Gasteiger partial charge in [0.25, 0.3) is 0 Å². The molecule has 0 saturated carbocycles. The highest BCUT2D eigenvalue weighted by atomic mass is 16.1. The van der Waals surface area contributed by atoms with Crippen LogP contribution in [-0.2, 0) is 4.79 Å². The quantitative estimate of drug-likeness (QED) is 0.649. The summed E-state index contributed by atoms with van der Waals surface area (Å²) in [6, 6.07) is -0.722. The third-order valence-corrected chi connectivity index (χ3v) is 1.85. The van der Waals surface area contributed by atoms with Crippen LogP contribution in [0, 0.1) is 0 Å². The molecule has 0 spiro atoms. The molecule has 0 aliphatic carbocycles. The van der Waals surface area contributed by atoms with Crippen LogP contribution in [0.2, 0.25) is 0 Å². The molecule has 0 fully saturated rings. The summed E-state index contributed by atoms with van der Waals surface area (Å²) in [5.41, 5.74) is 11.5. The Labute approximate surface area is 75.9 Å². The zero-order valence-corrected chi connectivity index (χ0v) is 7.64. The van der Waals surface area contributed by atoms with Gasteiger partial charge >= 0.3 is 0 Å². The smallest absolute Gasteiger partial charge is 0.242 e. The molecular formula is C7H13N5O. The second-order valence-electron chi connectivity index (χ2n) is 2.97. The Morgan fingerprint density at radius 1 is 1.62 bits per heavy atom. The van der Waals surface area contributed by atoms with Gasteiger partial charge in [-0.2, -0.15) is 0 Å². The van der Waals surface area contributed by atoms with Gasteiger partial charge in [0, 0.05) is 6.04 Å². The molecule has 1 aromatic rings. The van der Waals surface area contributed by atoms with Gasteiger partial charge in [-0.1, -0.05) is 5.21 Å². The van der Waals surface area contributed by atoms with Crippen molar-refractivity contribution in [3.05, 3.63) is 11.9 Å². The number of primary amides is 1. The van der Waals surface area contributed by atoms with Crippen molar-refractivity contribution in [3.63, 3.8) is 0 Å². The standard InChI is InChI=1S/C7H13N5O/c1-4(8)6-3-10-11-12(6)5(2)7(9)13/h3-5H,8H2,1-2H3,(H2,9,13)/t4-,5?/m1/s1. The molecule has 0 radical (unpaired) electrons. The number of hydrogen-bond acceptors (Lipinski definition) is 4. The number of amides is 1. The minimum atomic E-state index is -0.511. The van der Waals surface area contributed by atoms with Crippen LogP contribution >= 0.6 is 0 Å². The van der Waals surface area contributed by atoms with E-state index < -0.39 is 11.9 Å². The van der Waals surface area contributed by atoms with Gasteiger partial charge in [0.1, 0.15) is 6.04 Å². The highest BCUT2D eigenvalue weighted by molar-refractivity contribution is 5.77. The summed E-state index contributed by atoms with van der Waals surface area (Å²) < 4.78 is 1.44. The van der Waals surface area contributed by atoms with Crippen molar-refractivity contribution in [2.75, 3.05) is 0 Å². The molecule has 0 aliphatic heterocycles. The summed E-state index contributed by atoms with van der Waals surface area (Å²) in [6.45, 7) is 3.45. The number of carbonyl (C=O) groups is 1. The van der Waals surface area contributed by atoms with Crippen LogP contribution in [0.4, 0.5) is 0 Å². The summed E-state index contributed by atoms with van der Waals surface area (Å²) in [7, 11) is 0. The van der Waals surface area contributed by atoms with Crippen molar-refractivity contribution in [1.82, 2.24) is 15.0 Å². The maximum Gasteiger partial charge on any atom is 0.242 e. The minimum Gasteiger partial charge on any atom is -0.368 e. The van der Waals surface area contributed by atoms with Crippen LogP contribution in [0.15, 0.2) is 6.20 Å². The molecule has 0 bridgehead atoms. The van der Waals surface area contributed by atoms with Gasteiger partial charge in [0.05, 0.1) is 11.9 Å². The molecule has 13 heavy (non-hydrogen) atoms. The molecule has 0 saturated heterocycles. The van der Waals surface area contributed by atoms with E-state index >= 15 is 0 Å². The topological polar surface area (TPSA) is 99.8 Å². The molecular weight excluding hydrogens is 170 g/mol. The van der Waals surface area contributed by atoms with Crippen LogP contribution in [0.25, 0.3) is 0 Å². The number of nitrogens with two attached hydrogens (primary N) is 2. The fourth-order valence-electron chi connectivity index (χ4n) is 0.999. The monoisotopic (exact) mass is 183 g/mol. The summed E-state index contributed by atoms with van der Waals surface area (Å²) in [5, 5.41) is 7.42. The van der Waals surface area contributed by atoms with Crippen LogP contribution in [0.3, 0.4) is 0 Å². The number of rotatable bonds is 3. The molecule has 6 nitrogen and oxygen atoms in total. The first-order valence-corrected chi connectivity index (χ1v) is 3.99. The minimum absolute atomic E-state index is 0.211. The Morgan fingerprint density at radius 2 is 2.23 bits per heavy atom. The average molecular weight is 183 g/mol. The number of nitrogens with zero attached hydrogens (tertiary/aromatic N) is 3. The molecule has 2 atom stereocenters. The van der Waals surface area contributed by atoms with Crippen LogP contribution < -0.4 is 11.5 Å². The Morgan fingerprint density at radius 3 is 2.69 bits per heavy atom. The first-order chi connectivity index (χ1) is 6.04. The zero-order chi connectivity index (χ0) is 10.0. The molecule has 0 aliphatic rings. The molecule has 1 unspecified atom stereocenters. The van der Waals surface area contributed by atoms with Gasteiger partial charge in [-0.05, 0) is 13.8 Å². The Bertz CT molecular complexity index is 306. The van der Waals surface area contributed by atoms with E-state index in [0.717, 1.165) is 0 Å². The molecule has 72 valence electrons. The average Bonchev–Trinajstić information content (AvgIpc) is 2.50. The molecule has 6 heteroatoms. The normalized spacial score (nSPS) is 15.3. The van der Waals surface area contributed by atoms with E-state index in [4.69, 9.17) is 11.5 Å². The summed E-state index contributed by atoms with van der Waals surface area (Å²) in [6.07, 6.45) is 1.53. The summed E-state index contributed by atoms with van der Waals surface area (Å²) in [5.74, 6) is -0.451. The zero-order valence-electron chi connectivity index (χ0n) is 7.64. The fraction of sp³-hybridized carbons (Fsp3) is 0.571.